The van der Waals surface area contributed by atoms with Crippen LogP contribution in [0.25, 0.3) is 0 Å². The van der Waals surface area contributed by atoms with E-state index >= 15 is 0 Å². The molecule has 1 heteroatoms. The standard InChI is InChI=1S/C17H26O/c1-3-17(15-7-5-4-6-8-15)16-11-9-14(10-12-16)13-18-2/h4-8,14,16-17H,3,9-13H2,1-2H3. The summed E-state index contributed by atoms with van der Waals surface area (Å²) in [5.41, 5.74) is 1.54. The summed E-state index contributed by atoms with van der Waals surface area (Å²) in [7, 11) is 1.82. The first-order valence-electron chi connectivity index (χ1n) is 7.39. The third-order valence-electron chi connectivity index (χ3n) is 4.53. The van der Waals surface area contributed by atoms with E-state index in [-0.39, 0.29) is 0 Å². The average molecular weight is 246 g/mol. The van der Waals surface area contributed by atoms with Crippen LogP contribution in [0, 0.1) is 11.8 Å². The maximum absolute atomic E-state index is 5.29. The van der Waals surface area contributed by atoms with E-state index in [1.807, 2.05) is 7.11 Å². The lowest BCUT2D eigenvalue weighted by Crippen LogP contribution is -2.22. The van der Waals surface area contributed by atoms with E-state index in [4.69, 9.17) is 4.74 Å². The zero-order valence-corrected chi connectivity index (χ0v) is 11.8. The fraction of sp³-hybridized carbons (Fsp3) is 0.647. The monoisotopic (exact) mass is 246 g/mol. The smallest absolute Gasteiger partial charge is 0.0490 e. The summed E-state index contributed by atoms with van der Waals surface area (Å²) >= 11 is 0. The molecule has 100 valence electrons. The van der Waals surface area contributed by atoms with Crippen molar-refractivity contribution in [1.29, 1.82) is 0 Å². The second kappa shape index (κ2) is 6.94. The Hall–Kier alpha value is -0.820. The van der Waals surface area contributed by atoms with Crippen LogP contribution in [0.15, 0.2) is 30.3 Å². The molecule has 0 saturated heterocycles. The number of rotatable bonds is 5. The summed E-state index contributed by atoms with van der Waals surface area (Å²) in [6.45, 7) is 3.29. The second-order valence-corrected chi connectivity index (χ2v) is 5.66. The van der Waals surface area contributed by atoms with Gasteiger partial charge in [0.05, 0.1) is 0 Å². The van der Waals surface area contributed by atoms with Crippen molar-refractivity contribution in [2.45, 2.75) is 44.9 Å². The molecule has 0 aliphatic heterocycles. The summed E-state index contributed by atoms with van der Waals surface area (Å²) < 4.78 is 5.29. The highest BCUT2D eigenvalue weighted by molar-refractivity contribution is 5.20. The topological polar surface area (TPSA) is 9.23 Å². The molecule has 18 heavy (non-hydrogen) atoms. The minimum absolute atomic E-state index is 0.759. The molecule has 0 N–H and O–H groups in total. The third kappa shape index (κ3) is 3.35. The van der Waals surface area contributed by atoms with Gasteiger partial charge in [0.25, 0.3) is 0 Å². The van der Waals surface area contributed by atoms with Crippen molar-refractivity contribution in [3.63, 3.8) is 0 Å². The molecule has 1 aliphatic carbocycles. The first-order chi connectivity index (χ1) is 8.85. The van der Waals surface area contributed by atoms with Crippen LogP contribution in [0.2, 0.25) is 0 Å². The molecule has 0 radical (unpaired) electrons. The van der Waals surface area contributed by atoms with E-state index in [9.17, 15) is 0 Å². The summed E-state index contributed by atoms with van der Waals surface area (Å²) in [5, 5.41) is 0. The largest absolute Gasteiger partial charge is 0.384 e. The van der Waals surface area contributed by atoms with Crippen LogP contribution in [-0.2, 0) is 4.74 Å². The number of hydrogen-bond acceptors (Lipinski definition) is 1. The van der Waals surface area contributed by atoms with Crippen molar-refractivity contribution in [3.8, 4) is 0 Å². The number of benzene rings is 1. The fourth-order valence-corrected chi connectivity index (χ4v) is 3.53. The van der Waals surface area contributed by atoms with Crippen LogP contribution in [-0.4, -0.2) is 13.7 Å². The Kier molecular flexibility index (Phi) is 5.25. The molecule has 2 rings (SSSR count). The second-order valence-electron chi connectivity index (χ2n) is 5.66. The first-order valence-corrected chi connectivity index (χ1v) is 7.39. The van der Waals surface area contributed by atoms with Crippen molar-refractivity contribution in [1.82, 2.24) is 0 Å². The molecule has 1 aromatic rings. The first kappa shape index (κ1) is 13.6. The lowest BCUT2D eigenvalue weighted by molar-refractivity contribution is 0.113. The lowest BCUT2D eigenvalue weighted by atomic mass is 9.73. The maximum atomic E-state index is 5.29. The van der Waals surface area contributed by atoms with Gasteiger partial charge in [0.2, 0.25) is 0 Å². The minimum Gasteiger partial charge on any atom is -0.384 e. The third-order valence-corrected chi connectivity index (χ3v) is 4.53. The predicted molar refractivity (Wildman–Crippen MR) is 76.8 cm³/mol. The van der Waals surface area contributed by atoms with Gasteiger partial charge in [0.15, 0.2) is 0 Å². The van der Waals surface area contributed by atoms with Gasteiger partial charge in [-0.15, -0.1) is 0 Å². The van der Waals surface area contributed by atoms with Crippen LogP contribution in [0.3, 0.4) is 0 Å². The van der Waals surface area contributed by atoms with Crippen molar-refractivity contribution in [2.75, 3.05) is 13.7 Å². The highest BCUT2D eigenvalue weighted by atomic mass is 16.5. The highest BCUT2D eigenvalue weighted by Crippen LogP contribution is 2.39. The Bertz CT molecular complexity index is 325. The quantitative estimate of drug-likeness (QED) is 0.736. The summed E-state index contributed by atoms with van der Waals surface area (Å²) in [6, 6.07) is 11.1. The predicted octanol–water partition coefficient (Wildman–Crippen LogP) is 4.63. The molecule has 0 aromatic heterocycles. The Labute approximate surface area is 112 Å². The average Bonchev–Trinajstić information content (AvgIpc) is 2.43. The van der Waals surface area contributed by atoms with Gasteiger partial charge < -0.3 is 4.74 Å². The number of methoxy groups -OCH3 is 1. The molecule has 1 aliphatic rings. The summed E-state index contributed by atoms with van der Waals surface area (Å²) in [4.78, 5) is 0. The Morgan fingerprint density at radius 3 is 2.33 bits per heavy atom. The van der Waals surface area contributed by atoms with E-state index in [1.54, 1.807) is 0 Å². The zero-order valence-electron chi connectivity index (χ0n) is 11.8. The number of ether oxygens (including phenoxy) is 1. The van der Waals surface area contributed by atoms with Crippen molar-refractivity contribution < 1.29 is 4.74 Å². The maximum Gasteiger partial charge on any atom is 0.0490 e. The van der Waals surface area contributed by atoms with Gasteiger partial charge in [-0.25, -0.2) is 0 Å². The number of hydrogen-bond donors (Lipinski definition) is 0. The van der Waals surface area contributed by atoms with Gasteiger partial charge in [0, 0.05) is 13.7 Å². The Morgan fingerprint density at radius 2 is 1.78 bits per heavy atom. The molecule has 1 unspecified atom stereocenters. The summed E-state index contributed by atoms with van der Waals surface area (Å²) in [5.74, 6) is 2.44. The summed E-state index contributed by atoms with van der Waals surface area (Å²) in [6.07, 6.45) is 6.72. The molecule has 1 fully saturated rings. The van der Waals surface area contributed by atoms with Crippen molar-refractivity contribution in [2.24, 2.45) is 11.8 Å². The lowest BCUT2D eigenvalue weighted by Gasteiger charge is -2.33. The van der Waals surface area contributed by atoms with Crippen LogP contribution in [0.5, 0.6) is 0 Å². The van der Waals surface area contributed by atoms with E-state index in [0.29, 0.717) is 0 Å². The van der Waals surface area contributed by atoms with Crippen molar-refractivity contribution in [3.05, 3.63) is 35.9 Å². The van der Waals surface area contributed by atoms with Crippen molar-refractivity contribution >= 4 is 0 Å². The van der Waals surface area contributed by atoms with Crippen LogP contribution in [0.4, 0.5) is 0 Å². The van der Waals surface area contributed by atoms with E-state index < -0.39 is 0 Å². The van der Waals surface area contributed by atoms with Gasteiger partial charge in [0.1, 0.15) is 0 Å². The normalized spacial score (nSPS) is 25.9. The Balaban J connectivity index is 1.95. The van der Waals surface area contributed by atoms with Gasteiger partial charge >= 0.3 is 0 Å². The van der Waals surface area contributed by atoms with Crippen LogP contribution < -0.4 is 0 Å². The van der Waals surface area contributed by atoms with E-state index in [0.717, 1.165) is 24.4 Å². The highest BCUT2D eigenvalue weighted by Gasteiger charge is 2.27. The molecule has 0 spiro atoms. The molecule has 0 bridgehead atoms. The molecule has 1 saturated carbocycles. The fourth-order valence-electron chi connectivity index (χ4n) is 3.53. The van der Waals surface area contributed by atoms with E-state index in [2.05, 4.69) is 37.3 Å². The van der Waals surface area contributed by atoms with Gasteiger partial charge in [-0.3, -0.25) is 0 Å². The SMILES string of the molecule is CCC(c1ccccc1)C1CCC(COC)CC1. The van der Waals surface area contributed by atoms with Gasteiger partial charge in [-0.05, 0) is 55.4 Å². The zero-order chi connectivity index (χ0) is 12.8. The van der Waals surface area contributed by atoms with Gasteiger partial charge in [-0.1, -0.05) is 37.3 Å². The van der Waals surface area contributed by atoms with E-state index in [1.165, 1.54) is 37.7 Å². The molecular weight excluding hydrogens is 220 g/mol. The van der Waals surface area contributed by atoms with Gasteiger partial charge in [-0.2, -0.15) is 0 Å². The van der Waals surface area contributed by atoms with Crippen LogP contribution >= 0.6 is 0 Å². The minimum atomic E-state index is 0.759. The molecule has 1 aromatic carbocycles. The molecule has 0 heterocycles. The Morgan fingerprint density at radius 1 is 1.11 bits per heavy atom. The molecule has 0 amide bonds. The molecular formula is C17H26O. The molecule has 1 nitrogen and oxygen atoms in total. The van der Waals surface area contributed by atoms with Crippen LogP contribution in [0.1, 0.15) is 50.5 Å². The molecule has 1 atom stereocenters.